The van der Waals surface area contributed by atoms with Crippen molar-refractivity contribution in [1.82, 2.24) is 14.9 Å². The fraction of sp³-hybridized carbons (Fsp3) is 0.625. The van der Waals surface area contributed by atoms with Gasteiger partial charge in [0.1, 0.15) is 0 Å². The van der Waals surface area contributed by atoms with E-state index >= 15 is 0 Å². The van der Waals surface area contributed by atoms with Gasteiger partial charge in [0, 0.05) is 31.2 Å². The zero-order chi connectivity index (χ0) is 8.39. The van der Waals surface area contributed by atoms with E-state index in [0.29, 0.717) is 5.25 Å². The Kier molecular flexibility index (Phi) is 2.37. The van der Waals surface area contributed by atoms with Gasteiger partial charge < -0.3 is 9.88 Å². The summed E-state index contributed by atoms with van der Waals surface area (Å²) in [5.74, 6) is 0. The lowest BCUT2D eigenvalue weighted by molar-refractivity contribution is 0.783. The number of nitrogens with zero attached hydrogens (tertiary/aromatic N) is 2. The minimum atomic E-state index is 0.714. The predicted molar refractivity (Wildman–Crippen MR) is 50.3 cm³/mol. The van der Waals surface area contributed by atoms with E-state index in [0.717, 1.165) is 18.2 Å². The monoisotopic (exact) mass is 183 g/mol. The molecule has 2 rings (SSSR count). The molecule has 4 heteroatoms. The molecule has 1 atom stereocenters. The van der Waals surface area contributed by atoms with Gasteiger partial charge in [-0.15, -0.1) is 0 Å². The molecule has 1 aliphatic heterocycles. The van der Waals surface area contributed by atoms with Gasteiger partial charge >= 0.3 is 0 Å². The van der Waals surface area contributed by atoms with Gasteiger partial charge in [0.05, 0.1) is 0 Å². The highest BCUT2D eigenvalue weighted by Crippen LogP contribution is 2.24. The molecule has 1 fully saturated rings. The van der Waals surface area contributed by atoms with Crippen molar-refractivity contribution in [2.45, 2.75) is 16.8 Å². The third kappa shape index (κ3) is 1.64. The van der Waals surface area contributed by atoms with Crippen LogP contribution >= 0.6 is 11.8 Å². The molecule has 1 saturated heterocycles. The second-order valence-corrected chi connectivity index (χ2v) is 4.32. The van der Waals surface area contributed by atoms with Crippen molar-refractivity contribution >= 4 is 11.8 Å². The molecule has 12 heavy (non-hydrogen) atoms. The highest BCUT2D eigenvalue weighted by molar-refractivity contribution is 7.99. The maximum Gasteiger partial charge on any atom is 0.167 e. The molecule has 0 amide bonds. The van der Waals surface area contributed by atoms with Gasteiger partial charge in [0.25, 0.3) is 0 Å². The van der Waals surface area contributed by atoms with E-state index in [2.05, 4.69) is 14.9 Å². The van der Waals surface area contributed by atoms with Crippen LogP contribution in [0, 0.1) is 0 Å². The van der Waals surface area contributed by atoms with Crippen LogP contribution in [-0.4, -0.2) is 27.9 Å². The maximum absolute atomic E-state index is 4.28. The molecular formula is C8H13N3S. The lowest BCUT2D eigenvalue weighted by Crippen LogP contribution is -2.10. The molecule has 0 saturated carbocycles. The molecule has 0 unspecified atom stereocenters. The van der Waals surface area contributed by atoms with Crippen molar-refractivity contribution in [3.05, 3.63) is 12.4 Å². The zero-order valence-electron chi connectivity index (χ0n) is 7.16. The van der Waals surface area contributed by atoms with Crippen molar-refractivity contribution in [3.63, 3.8) is 0 Å². The van der Waals surface area contributed by atoms with Crippen molar-refractivity contribution in [3.8, 4) is 0 Å². The van der Waals surface area contributed by atoms with Crippen LogP contribution in [0.1, 0.15) is 6.42 Å². The summed E-state index contributed by atoms with van der Waals surface area (Å²) in [6, 6.07) is 0. The second-order valence-electron chi connectivity index (χ2n) is 3.05. The zero-order valence-corrected chi connectivity index (χ0v) is 7.97. The van der Waals surface area contributed by atoms with Crippen LogP contribution in [0.2, 0.25) is 0 Å². The molecular weight excluding hydrogens is 170 g/mol. The molecule has 1 aliphatic rings. The quantitative estimate of drug-likeness (QED) is 0.738. The predicted octanol–water partition coefficient (Wildman–Crippen LogP) is 0.874. The average Bonchev–Trinajstić information content (AvgIpc) is 2.65. The summed E-state index contributed by atoms with van der Waals surface area (Å²) in [5.41, 5.74) is 0. The van der Waals surface area contributed by atoms with E-state index in [4.69, 9.17) is 0 Å². The highest BCUT2D eigenvalue weighted by Gasteiger charge is 2.17. The Hall–Kier alpha value is -0.480. The van der Waals surface area contributed by atoms with Crippen molar-refractivity contribution < 1.29 is 0 Å². The minimum Gasteiger partial charge on any atom is -0.329 e. The molecule has 0 bridgehead atoms. The van der Waals surface area contributed by atoms with Crippen LogP contribution in [0.5, 0.6) is 0 Å². The van der Waals surface area contributed by atoms with E-state index in [1.807, 2.05) is 31.2 Å². The largest absolute Gasteiger partial charge is 0.329 e. The lowest BCUT2D eigenvalue weighted by atomic mass is 10.4. The van der Waals surface area contributed by atoms with Crippen molar-refractivity contribution in [1.29, 1.82) is 0 Å². The number of rotatable bonds is 2. The number of aryl methyl sites for hydroxylation is 1. The maximum atomic E-state index is 4.28. The SMILES string of the molecule is Cn1ccnc1S[C@H]1CCNC1. The lowest BCUT2D eigenvalue weighted by Gasteiger charge is -2.06. The van der Waals surface area contributed by atoms with Gasteiger partial charge in [-0.05, 0) is 13.0 Å². The number of thioether (sulfide) groups is 1. The van der Waals surface area contributed by atoms with Crippen LogP contribution in [-0.2, 0) is 7.05 Å². The van der Waals surface area contributed by atoms with Gasteiger partial charge in [-0.1, -0.05) is 11.8 Å². The number of aromatic nitrogens is 2. The van der Waals surface area contributed by atoms with E-state index in [-0.39, 0.29) is 0 Å². The first kappa shape index (κ1) is 8.13. The molecule has 2 heterocycles. The summed E-state index contributed by atoms with van der Waals surface area (Å²) in [5, 5.41) is 5.19. The minimum absolute atomic E-state index is 0.714. The van der Waals surface area contributed by atoms with E-state index in [1.54, 1.807) is 0 Å². The van der Waals surface area contributed by atoms with Crippen LogP contribution in [0.3, 0.4) is 0 Å². The van der Waals surface area contributed by atoms with Crippen molar-refractivity contribution in [2.75, 3.05) is 13.1 Å². The van der Waals surface area contributed by atoms with Crippen LogP contribution < -0.4 is 5.32 Å². The Bertz CT molecular complexity index is 253. The van der Waals surface area contributed by atoms with Gasteiger partial charge in [-0.25, -0.2) is 4.98 Å². The molecule has 66 valence electrons. The Morgan fingerprint density at radius 3 is 3.25 bits per heavy atom. The average molecular weight is 183 g/mol. The van der Waals surface area contributed by atoms with E-state index in [1.165, 1.54) is 6.42 Å². The van der Waals surface area contributed by atoms with Crippen LogP contribution in [0.4, 0.5) is 0 Å². The molecule has 1 aromatic rings. The Morgan fingerprint density at radius 2 is 2.67 bits per heavy atom. The second kappa shape index (κ2) is 3.49. The summed E-state index contributed by atoms with van der Waals surface area (Å²) in [7, 11) is 2.04. The summed E-state index contributed by atoms with van der Waals surface area (Å²) < 4.78 is 2.07. The molecule has 1 aromatic heterocycles. The molecule has 0 radical (unpaired) electrons. The first-order valence-electron chi connectivity index (χ1n) is 4.21. The molecule has 3 nitrogen and oxygen atoms in total. The summed E-state index contributed by atoms with van der Waals surface area (Å²) in [6.45, 7) is 2.28. The number of hydrogen-bond acceptors (Lipinski definition) is 3. The Balaban J connectivity index is 1.98. The van der Waals surface area contributed by atoms with E-state index in [9.17, 15) is 0 Å². The summed E-state index contributed by atoms with van der Waals surface area (Å²) in [4.78, 5) is 4.28. The standard InChI is InChI=1S/C8H13N3S/c1-11-5-4-10-8(11)12-7-2-3-9-6-7/h4-5,7,9H,2-3,6H2,1H3/t7-/m0/s1. The first-order valence-corrected chi connectivity index (χ1v) is 5.09. The summed E-state index contributed by atoms with van der Waals surface area (Å²) >= 11 is 1.87. The third-order valence-electron chi connectivity index (χ3n) is 2.06. The van der Waals surface area contributed by atoms with Crippen LogP contribution in [0.25, 0.3) is 0 Å². The third-order valence-corrected chi connectivity index (χ3v) is 3.40. The summed E-state index contributed by atoms with van der Waals surface area (Å²) in [6.07, 6.45) is 5.10. The van der Waals surface area contributed by atoms with Crippen molar-refractivity contribution in [2.24, 2.45) is 7.05 Å². The van der Waals surface area contributed by atoms with Gasteiger partial charge in [-0.2, -0.15) is 0 Å². The highest BCUT2D eigenvalue weighted by atomic mass is 32.2. The van der Waals surface area contributed by atoms with Gasteiger partial charge in [0.15, 0.2) is 5.16 Å². The van der Waals surface area contributed by atoms with Crippen LogP contribution in [0.15, 0.2) is 17.6 Å². The molecule has 1 N–H and O–H groups in total. The molecule has 0 aromatic carbocycles. The van der Waals surface area contributed by atoms with Gasteiger partial charge in [0.2, 0.25) is 0 Å². The van der Waals surface area contributed by atoms with E-state index < -0.39 is 0 Å². The smallest absolute Gasteiger partial charge is 0.167 e. The number of nitrogens with one attached hydrogen (secondary N) is 1. The fourth-order valence-corrected chi connectivity index (χ4v) is 2.43. The number of hydrogen-bond donors (Lipinski definition) is 1. The molecule has 0 aliphatic carbocycles. The fourth-order valence-electron chi connectivity index (χ4n) is 1.34. The Morgan fingerprint density at radius 1 is 1.75 bits per heavy atom. The molecule has 0 spiro atoms. The van der Waals surface area contributed by atoms with Gasteiger partial charge in [-0.3, -0.25) is 0 Å². The number of imidazole rings is 1. The Labute approximate surface area is 76.6 Å². The normalized spacial score (nSPS) is 23.2. The topological polar surface area (TPSA) is 29.9 Å². The first-order chi connectivity index (χ1) is 5.86.